The highest BCUT2D eigenvalue weighted by atomic mass is 16.2. The maximum Gasteiger partial charge on any atom is 0.346 e. The van der Waals surface area contributed by atoms with Crippen LogP contribution in [0.25, 0.3) is 10.9 Å². The number of fused-ring (bicyclic) bond motifs is 2. The van der Waals surface area contributed by atoms with E-state index in [1.807, 2.05) is 67.3 Å². The fourth-order valence-corrected chi connectivity index (χ4v) is 5.52. The standard InChI is InChI=1S/C31H34N3O2/c1-3-33(4-2)30(35)24-15-13-23(14-16-24)17-19-34(22-26-9-5-6-11-28(26)31(34)36)20-18-25-21-32-29-12-8-7-10-27(25)29/h5-16,21,32H,3-4,17-20,22H2,1-2H3/q+1. The minimum atomic E-state index is 0.0685. The highest BCUT2D eigenvalue weighted by Crippen LogP contribution is 2.32. The molecule has 5 rings (SSSR count). The van der Waals surface area contributed by atoms with Crippen molar-refractivity contribution in [1.82, 2.24) is 9.88 Å². The zero-order valence-electron chi connectivity index (χ0n) is 21.2. The number of aromatic nitrogens is 1. The molecule has 4 aromatic rings. The fourth-order valence-electron chi connectivity index (χ4n) is 5.52. The molecule has 1 aromatic heterocycles. The van der Waals surface area contributed by atoms with Gasteiger partial charge in [0, 0.05) is 54.2 Å². The summed E-state index contributed by atoms with van der Waals surface area (Å²) < 4.78 is 0.430. The van der Waals surface area contributed by atoms with E-state index in [0.29, 0.717) is 17.6 Å². The number of nitrogens with zero attached hydrogens (tertiary/aromatic N) is 2. The van der Waals surface area contributed by atoms with Crippen LogP contribution in [0.2, 0.25) is 0 Å². The second kappa shape index (κ2) is 10.1. The zero-order valence-corrected chi connectivity index (χ0v) is 21.2. The number of benzene rings is 3. The van der Waals surface area contributed by atoms with Gasteiger partial charge in [0.2, 0.25) is 0 Å². The van der Waals surface area contributed by atoms with Gasteiger partial charge in [0.25, 0.3) is 5.91 Å². The van der Waals surface area contributed by atoms with Crippen molar-refractivity contribution in [3.05, 3.63) is 107 Å². The molecule has 2 heterocycles. The molecule has 184 valence electrons. The van der Waals surface area contributed by atoms with E-state index in [1.165, 1.54) is 10.9 Å². The summed E-state index contributed by atoms with van der Waals surface area (Å²) in [5.74, 6) is 0.290. The average Bonchev–Trinajstić information content (AvgIpc) is 3.46. The second-order valence-corrected chi connectivity index (χ2v) is 9.75. The lowest BCUT2D eigenvalue weighted by Gasteiger charge is -2.31. The first-order chi connectivity index (χ1) is 17.5. The minimum Gasteiger partial charge on any atom is -0.361 e. The van der Waals surface area contributed by atoms with Crippen LogP contribution < -0.4 is 0 Å². The molecule has 36 heavy (non-hydrogen) atoms. The Labute approximate surface area is 212 Å². The molecule has 1 atom stereocenters. The van der Waals surface area contributed by atoms with Gasteiger partial charge in [-0.05, 0) is 49.2 Å². The molecule has 0 saturated heterocycles. The Balaban J connectivity index is 1.36. The number of aromatic amines is 1. The Kier molecular flexibility index (Phi) is 6.75. The van der Waals surface area contributed by atoms with E-state index in [1.54, 1.807) is 0 Å². The van der Waals surface area contributed by atoms with E-state index < -0.39 is 0 Å². The number of hydrogen-bond donors (Lipinski definition) is 1. The van der Waals surface area contributed by atoms with Gasteiger partial charge in [-0.2, -0.15) is 0 Å². The van der Waals surface area contributed by atoms with Gasteiger partial charge in [0.05, 0.1) is 18.7 Å². The molecule has 2 amide bonds. The predicted molar refractivity (Wildman–Crippen MR) is 144 cm³/mol. The zero-order chi connectivity index (χ0) is 25.1. The van der Waals surface area contributed by atoms with Crippen molar-refractivity contribution in [1.29, 1.82) is 0 Å². The third-order valence-corrected chi connectivity index (χ3v) is 7.72. The highest BCUT2D eigenvalue weighted by Gasteiger charge is 2.44. The maximum absolute atomic E-state index is 13.8. The van der Waals surface area contributed by atoms with E-state index in [9.17, 15) is 9.59 Å². The van der Waals surface area contributed by atoms with Crippen molar-refractivity contribution in [2.24, 2.45) is 0 Å². The Bertz CT molecular complexity index is 1380. The average molecular weight is 481 g/mol. The van der Waals surface area contributed by atoms with Gasteiger partial charge in [-0.1, -0.05) is 48.5 Å². The molecule has 5 heteroatoms. The van der Waals surface area contributed by atoms with Crippen LogP contribution in [0.5, 0.6) is 0 Å². The lowest BCUT2D eigenvalue weighted by atomic mass is 10.1. The topological polar surface area (TPSA) is 53.2 Å². The van der Waals surface area contributed by atoms with E-state index in [2.05, 4.69) is 35.4 Å². The van der Waals surface area contributed by atoms with Crippen LogP contribution in [0, 0.1) is 0 Å². The van der Waals surface area contributed by atoms with Crippen LogP contribution in [-0.2, 0) is 19.4 Å². The third kappa shape index (κ3) is 4.47. The number of rotatable bonds is 9. The van der Waals surface area contributed by atoms with Gasteiger partial charge in [0.1, 0.15) is 6.54 Å². The van der Waals surface area contributed by atoms with Crippen molar-refractivity contribution in [3.8, 4) is 0 Å². The number of carbonyl (C=O) groups is 2. The fraction of sp³-hybridized carbons (Fsp3) is 0.290. The summed E-state index contributed by atoms with van der Waals surface area (Å²) in [6, 6.07) is 24.3. The van der Waals surface area contributed by atoms with Crippen molar-refractivity contribution >= 4 is 22.7 Å². The van der Waals surface area contributed by atoms with Gasteiger partial charge in [-0.25, -0.2) is 4.79 Å². The van der Waals surface area contributed by atoms with Crippen LogP contribution in [-0.4, -0.2) is 52.4 Å². The number of hydrogen-bond acceptors (Lipinski definition) is 2. The van der Waals surface area contributed by atoms with E-state index >= 15 is 0 Å². The molecule has 0 fully saturated rings. The maximum atomic E-state index is 13.8. The number of para-hydroxylation sites is 1. The molecule has 5 nitrogen and oxygen atoms in total. The van der Waals surface area contributed by atoms with Crippen LogP contribution in [0.15, 0.2) is 79.0 Å². The lowest BCUT2D eigenvalue weighted by molar-refractivity contribution is -0.858. The summed E-state index contributed by atoms with van der Waals surface area (Å²) in [4.78, 5) is 31.6. The van der Waals surface area contributed by atoms with Gasteiger partial charge < -0.3 is 9.88 Å². The molecule has 1 N–H and O–H groups in total. The van der Waals surface area contributed by atoms with E-state index in [0.717, 1.165) is 60.2 Å². The molecule has 0 spiro atoms. The summed E-state index contributed by atoms with van der Waals surface area (Å²) in [6.45, 7) is 7.63. The van der Waals surface area contributed by atoms with Crippen LogP contribution >= 0.6 is 0 Å². The Morgan fingerprint density at radius 2 is 1.58 bits per heavy atom. The van der Waals surface area contributed by atoms with Crippen molar-refractivity contribution in [3.63, 3.8) is 0 Å². The first kappa shape index (κ1) is 24.0. The van der Waals surface area contributed by atoms with Gasteiger partial charge >= 0.3 is 5.91 Å². The van der Waals surface area contributed by atoms with Crippen LogP contribution in [0.4, 0.5) is 0 Å². The molecular weight excluding hydrogens is 446 g/mol. The molecule has 1 aliphatic heterocycles. The number of carbonyl (C=O) groups excluding carboxylic acids is 2. The third-order valence-electron chi connectivity index (χ3n) is 7.72. The Hall–Kier alpha value is -3.70. The summed E-state index contributed by atoms with van der Waals surface area (Å²) in [5.41, 5.74) is 6.26. The number of amides is 2. The highest BCUT2D eigenvalue weighted by molar-refractivity contribution is 5.94. The van der Waals surface area contributed by atoms with Crippen molar-refractivity contribution < 1.29 is 14.1 Å². The van der Waals surface area contributed by atoms with Crippen molar-refractivity contribution in [2.45, 2.75) is 33.2 Å². The molecule has 0 bridgehead atoms. The van der Waals surface area contributed by atoms with Gasteiger partial charge in [-0.3, -0.25) is 9.28 Å². The molecule has 0 aliphatic carbocycles. The molecule has 1 aliphatic rings. The molecule has 1 unspecified atom stereocenters. The molecule has 0 radical (unpaired) electrons. The summed E-state index contributed by atoms with van der Waals surface area (Å²) >= 11 is 0. The van der Waals surface area contributed by atoms with Crippen LogP contribution in [0.3, 0.4) is 0 Å². The normalized spacial score (nSPS) is 16.9. The lowest BCUT2D eigenvalue weighted by Crippen LogP contribution is -2.50. The first-order valence-corrected chi connectivity index (χ1v) is 13.0. The number of H-pyrrole nitrogens is 1. The van der Waals surface area contributed by atoms with Gasteiger partial charge in [0.15, 0.2) is 0 Å². The molecule has 3 aromatic carbocycles. The minimum absolute atomic E-state index is 0.0685. The number of nitrogens with one attached hydrogen (secondary N) is 1. The van der Waals surface area contributed by atoms with Crippen LogP contribution in [0.1, 0.15) is 51.3 Å². The first-order valence-electron chi connectivity index (χ1n) is 13.0. The largest absolute Gasteiger partial charge is 0.361 e. The summed E-state index contributed by atoms with van der Waals surface area (Å²) in [6.07, 6.45) is 3.70. The van der Waals surface area contributed by atoms with Gasteiger partial charge in [-0.15, -0.1) is 0 Å². The Morgan fingerprint density at radius 1 is 0.889 bits per heavy atom. The second-order valence-electron chi connectivity index (χ2n) is 9.75. The molecular formula is C31H34N3O2+. The SMILES string of the molecule is CCN(CC)C(=O)c1ccc(CC[N+]2(CCc3c[nH]c4ccccc34)Cc3ccccc3C2=O)cc1. The monoisotopic (exact) mass is 480 g/mol. The molecule has 0 saturated carbocycles. The van der Waals surface area contributed by atoms with E-state index in [-0.39, 0.29) is 11.8 Å². The van der Waals surface area contributed by atoms with Crippen molar-refractivity contribution in [2.75, 3.05) is 26.2 Å². The smallest absolute Gasteiger partial charge is 0.346 e. The summed E-state index contributed by atoms with van der Waals surface area (Å²) in [5, 5.41) is 1.23. The predicted octanol–water partition coefficient (Wildman–Crippen LogP) is 5.61. The van der Waals surface area contributed by atoms with E-state index in [4.69, 9.17) is 0 Å². The number of quaternary nitrogens is 1. The summed E-state index contributed by atoms with van der Waals surface area (Å²) in [7, 11) is 0. The Morgan fingerprint density at radius 3 is 2.33 bits per heavy atom. The quantitative estimate of drug-likeness (QED) is 0.317.